The SMILES string of the molecule is Cc1ccc(-n2nc(-c3ccccc3)c(C(C)C)c2O)cc1C. The molecule has 0 aliphatic heterocycles. The number of hydrogen-bond acceptors (Lipinski definition) is 2. The van der Waals surface area contributed by atoms with Crippen molar-refractivity contribution in [2.75, 3.05) is 0 Å². The quantitative estimate of drug-likeness (QED) is 0.740. The van der Waals surface area contributed by atoms with Crippen LogP contribution in [0, 0.1) is 13.8 Å². The third kappa shape index (κ3) is 2.74. The molecule has 2 aromatic carbocycles. The maximum Gasteiger partial charge on any atom is 0.218 e. The third-order valence-corrected chi connectivity index (χ3v) is 4.26. The number of benzene rings is 2. The number of hydrogen-bond donors (Lipinski definition) is 1. The number of nitrogens with zero attached hydrogens (tertiary/aromatic N) is 2. The molecular weight excluding hydrogens is 284 g/mol. The first-order valence-corrected chi connectivity index (χ1v) is 7.94. The van der Waals surface area contributed by atoms with Gasteiger partial charge in [0.2, 0.25) is 5.88 Å². The Morgan fingerprint density at radius 3 is 2.26 bits per heavy atom. The Morgan fingerprint density at radius 2 is 1.65 bits per heavy atom. The van der Waals surface area contributed by atoms with Crippen LogP contribution in [-0.4, -0.2) is 14.9 Å². The highest BCUT2D eigenvalue weighted by molar-refractivity contribution is 5.67. The molecule has 0 amide bonds. The van der Waals surface area contributed by atoms with Gasteiger partial charge in [-0.1, -0.05) is 50.2 Å². The minimum absolute atomic E-state index is 0.186. The van der Waals surface area contributed by atoms with Crippen LogP contribution in [-0.2, 0) is 0 Å². The smallest absolute Gasteiger partial charge is 0.218 e. The summed E-state index contributed by atoms with van der Waals surface area (Å²) in [5.41, 5.74) is 6.05. The van der Waals surface area contributed by atoms with Gasteiger partial charge in [-0.25, -0.2) is 4.68 Å². The molecule has 23 heavy (non-hydrogen) atoms. The van der Waals surface area contributed by atoms with E-state index in [1.54, 1.807) is 4.68 Å². The number of aryl methyl sites for hydroxylation is 2. The summed E-state index contributed by atoms with van der Waals surface area (Å²) < 4.78 is 1.64. The fourth-order valence-electron chi connectivity index (χ4n) is 2.80. The Hall–Kier alpha value is -2.55. The summed E-state index contributed by atoms with van der Waals surface area (Å²) in [6.45, 7) is 8.31. The van der Waals surface area contributed by atoms with Crippen molar-refractivity contribution in [2.45, 2.75) is 33.6 Å². The second-order valence-electron chi connectivity index (χ2n) is 6.29. The van der Waals surface area contributed by atoms with E-state index < -0.39 is 0 Å². The van der Waals surface area contributed by atoms with Gasteiger partial charge in [0, 0.05) is 11.1 Å². The van der Waals surface area contributed by atoms with Gasteiger partial charge in [-0.2, -0.15) is 5.10 Å². The van der Waals surface area contributed by atoms with Crippen molar-refractivity contribution in [1.82, 2.24) is 9.78 Å². The maximum atomic E-state index is 10.8. The Labute approximate surface area is 137 Å². The molecule has 0 bridgehead atoms. The highest BCUT2D eigenvalue weighted by atomic mass is 16.3. The van der Waals surface area contributed by atoms with E-state index in [1.807, 2.05) is 36.4 Å². The Morgan fingerprint density at radius 1 is 0.957 bits per heavy atom. The number of aromatic nitrogens is 2. The fraction of sp³-hybridized carbons (Fsp3) is 0.250. The van der Waals surface area contributed by atoms with Crippen LogP contribution in [0.5, 0.6) is 5.88 Å². The second-order valence-corrected chi connectivity index (χ2v) is 6.29. The topological polar surface area (TPSA) is 38.0 Å². The largest absolute Gasteiger partial charge is 0.493 e. The summed E-state index contributed by atoms with van der Waals surface area (Å²) >= 11 is 0. The molecule has 1 heterocycles. The molecule has 3 heteroatoms. The van der Waals surface area contributed by atoms with E-state index in [0.29, 0.717) is 0 Å². The minimum Gasteiger partial charge on any atom is -0.493 e. The molecule has 0 saturated carbocycles. The van der Waals surface area contributed by atoms with E-state index in [-0.39, 0.29) is 11.8 Å². The molecule has 0 aliphatic rings. The Balaban J connectivity index is 2.21. The Bertz CT molecular complexity index is 832. The predicted octanol–water partition coefficient (Wildman–Crippen LogP) is 4.99. The summed E-state index contributed by atoms with van der Waals surface area (Å²) in [6.07, 6.45) is 0. The first-order valence-electron chi connectivity index (χ1n) is 7.94. The summed E-state index contributed by atoms with van der Waals surface area (Å²) in [7, 11) is 0. The van der Waals surface area contributed by atoms with Crippen molar-refractivity contribution >= 4 is 0 Å². The van der Waals surface area contributed by atoms with Crippen LogP contribution in [0.25, 0.3) is 16.9 Å². The lowest BCUT2D eigenvalue weighted by Crippen LogP contribution is -1.97. The average Bonchev–Trinajstić information content (AvgIpc) is 2.88. The standard InChI is InChI=1S/C20H22N2O/c1-13(2)18-19(16-8-6-5-7-9-16)21-22(20(18)23)17-11-10-14(3)15(4)12-17/h5-13,23H,1-4H3. The summed E-state index contributed by atoms with van der Waals surface area (Å²) in [5, 5.41) is 15.5. The van der Waals surface area contributed by atoms with E-state index in [9.17, 15) is 5.11 Å². The van der Waals surface area contributed by atoms with Gasteiger partial charge in [-0.05, 0) is 43.0 Å². The lowest BCUT2D eigenvalue weighted by Gasteiger charge is -2.08. The second kappa shape index (κ2) is 5.92. The zero-order valence-electron chi connectivity index (χ0n) is 14.0. The van der Waals surface area contributed by atoms with E-state index in [0.717, 1.165) is 22.5 Å². The molecule has 0 saturated heterocycles. The first-order chi connectivity index (χ1) is 11.0. The van der Waals surface area contributed by atoms with E-state index in [4.69, 9.17) is 5.10 Å². The van der Waals surface area contributed by atoms with Crippen LogP contribution in [0.4, 0.5) is 0 Å². The van der Waals surface area contributed by atoms with E-state index >= 15 is 0 Å². The first kappa shape index (κ1) is 15.3. The van der Waals surface area contributed by atoms with Crippen LogP contribution in [0.2, 0.25) is 0 Å². The molecule has 3 nitrogen and oxygen atoms in total. The molecule has 0 atom stereocenters. The van der Waals surface area contributed by atoms with Crippen molar-refractivity contribution < 1.29 is 5.11 Å². The van der Waals surface area contributed by atoms with Gasteiger partial charge in [0.25, 0.3) is 0 Å². The van der Waals surface area contributed by atoms with Gasteiger partial charge in [-0.3, -0.25) is 0 Å². The van der Waals surface area contributed by atoms with Crippen LogP contribution in [0.15, 0.2) is 48.5 Å². The highest BCUT2D eigenvalue weighted by Gasteiger charge is 2.22. The third-order valence-electron chi connectivity index (χ3n) is 4.26. The van der Waals surface area contributed by atoms with Gasteiger partial charge in [-0.15, -0.1) is 0 Å². The van der Waals surface area contributed by atoms with Crippen LogP contribution >= 0.6 is 0 Å². The fourth-order valence-corrected chi connectivity index (χ4v) is 2.80. The van der Waals surface area contributed by atoms with Gasteiger partial charge in [0.1, 0.15) is 5.69 Å². The van der Waals surface area contributed by atoms with Crippen molar-refractivity contribution in [2.24, 2.45) is 0 Å². The summed E-state index contributed by atoms with van der Waals surface area (Å²) in [4.78, 5) is 0. The number of rotatable bonds is 3. The highest BCUT2D eigenvalue weighted by Crippen LogP contribution is 2.37. The molecule has 3 rings (SSSR count). The zero-order valence-corrected chi connectivity index (χ0v) is 14.0. The van der Waals surface area contributed by atoms with E-state index in [2.05, 4.69) is 39.8 Å². The molecule has 0 unspecified atom stereocenters. The molecular formula is C20H22N2O. The van der Waals surface area contributed by atoms with Gasteiger partial charge >= 0.3 is 0 Å². The van der Waals surface area contributed by atoms with Crippen molar-refractivity contribution in [3.63, 3.8) is 0 Å². The molecule has 0 spiro atoms. The van der Waals surface area contributed by atoms with Crippen LogP contribution in [0.3, 0.4) is 0 Å². The molecule has 0 aliphatic carbocycles. The maximum absolute atomic E-state index is 10.8. The van der Waals surface area contributed by atoms with Gasteiger partial charge in [0.15, 0.2) is 0 Å². The van der Waals surface area contributed by atoms with E-state index in [1.165, 1.54) is 11.1 Å². The molecule has 3 aromatic rings. The Kier molecular flexibility index (Phi) is 3.95. The summed E-state index contributed by atoms with van der Waals surface area (Å²) in [5.74, 6) is 0.410. The van der Waals surface area contributed by atoms with Crippen LogP contribution < -0.4 is 0 Å². The predicted molar refractivity (Wildman–Crippen MR) is 94.2 cm³/mol. The summed E-state index contributed by atoms with van der Waals surface area (Å²) in [6, 6.07) is 16.1. The monoisotopic (exact) mass is 306 g/mol. The molecule has 118 valence electrons. The average molecular weight is 306 g/mol. The molecule has 0 fully saturated rings. The zero-order chi connectivity index (χ0) is 16.6. The molecule has 1 N–H and O–H groups in total. The molecule has 0 radical (unpaired) electrons. The van der Waals surface area contributed by atoms with Gasteiger partial charge in [0.05, 0.1) is 5.69 Å². The lowest BCUT2D eigenvalue weighted by molar-refractivity contribution is 0.425. The normalized spacial score (nSPS) is 11.2. The van der Waals surface area contributed by atoms with Crippen molar-refractivity contribution in [3.8, 4) is 22.8 Å². The van der Waals surface area contributed by atoms with Crippen molar-refractivity contribution in [3.05, 3.63) is 65.2 Å². The molecule has 1 aromatic heterocycles. The lowest BCUT2D eigenvalue weighted by atomic mass is 9.99. The number of aromatic hydroxyl groups is 1. The van der Waals surface area contributed by atoms with Crippen molar-refractivity contribution in [1.29, 1.82) is 0 Å². The van der Waals surface area contributed by atoms with Crippen LogP contribution in [0.1, 0.15) is 36.5 Å². The van der Waals surface area contributed by atoms with Gasteiger partial charge < -0.3 is 5.11 Å². The minimum atomic E-state index is 0.186.